The molecule has 1 unspecified atom stereocenters. The number of Topliss-reactive ketones (excluding diaryl/α,β-unsaturated/α-hetero) is 1. The standard InChI is InChI=1S/C16H19N3O2/c1-4-16(21)17-10-9-15-18-13-7-5-6-8-14(13)19(15)11(2)12(3)20/h4-8,11H,1,9-10H2,2-3H3,(H,17,21). The lowest BCUT2D eigenvalue weighted by molar-refractivity contribution is -0.119. The van der Waals surface area contributed by atoms with Gasteiger partial charge in [-0.1, -0.05) is 18.7 Å². The van der Waals surface area contributed by atoms with Gasteiger partial charge in [-0.25, -0.2) is 4.98 Å². The Morgan fingerprint density at radius 1 is 1.43 bits per heavy atom. The van der Waals surface area contributed by atoms with Crippen molar-refractivity contribution in [3.63, 3.8) is 0 Å². The van der Waals surface area contributed by atoms with Gasteiger partial charge in [0.25, 0.3) is 0 Å². The largest absolute Gasteiger partial charge is 0.352 e. The van der Waals surface area contributed by atoms with Gasteiger partial charge < -0.3 is 9.88 Å². The maximum Gasteiger partial charge on any atom is 0.243 e. The van der Waals surface area contributed by atoms with Crippen LogP contribution in [0.15, 0.2) is 36.9 Å². The van der Waals surface area contributed by atoms with Crippen molar-refractivity contribution in [2.75, 3.05) is 6.54 Å². The fourth-order valence-corrected chi connectivity index (χ4v) is 2.25. The van der Waals surface area contributed by atoms with Crippen LogP contribution in [-0.2, 0) is 16.0 Å². The summed E-state index contributed by atoms with van der Waals surface area (Å²) in [7, 11) is 0. The van der Waals surface area contributed by atoms with Crippen LogP contribution < -0.4 is 5.32 Å². The van der Waals surface area contributed by atoms with Crippen molar-refractivity contribution in [1.82, 2.24) is 14.9 Å². The molecule has 0 aliphatic rings. The van der Waals surface area contributed by atoms with Crippen molar-refractivity contribution in [2.24, 2.45) is 0 Å². The Bertz CT molecular complexity index is 688. The molecule has 0 saturated heterocycles. The molecule has 2 rings (SSSR count). The van der Waals surface area contributed by atoms with Crippen molar-refractivity contribution in [3.05, 3.63) is 42.7 Å². The minimum Gasteiger partial charge on any atom is -0.352 e. The maximum absolute atomic E-state index is 11.7. The average Bonchev–Trinajstić information content (AvgIpc) is 2.84. The lowest BCUT2D eigenvalue weighted by Gasteiger charge is -2.15. The van der Waals surface area contributed by atoms with Gasteiger partial charge in [-0.3, -0.25) is 9.59 Å². The summed E-state index contributed by atoms with van der Waals surface area (Å²) in [5.74, 6) is 0.662. The molecule has 21 heavy (non-hydrogen) atoms. The van der Waals surface area contributed by atoms with E-state index in [0.29, 0.717) is 13.0 Å². The van der Waals surface area contributed by atoms with E-state index < -0.39 is 0 Å². The van der Waals surface area contributed by atoms with E-state index in [1.54, 1.807) is 6.92 Å². The SMILES string of the molecule is C=CC(=O)NCCc1nc2ccccc2n1C(C)C(C)=O. The number of benzene rings is 1. The van der Waals surface area contributed by atoms with Gasteiger partial charge in [0.1, 0.15) is 5.82 Å². The third kappa shape index (κ3) is 3.18. The third-order valence-corrected chi connectivity index (χ3v) is 3.48. The highest BCUT2D eigenvalue weighted by Crippen LogP contribution is 2.21. The number of rotatable bonds is 6. The second-order valence-corrected chi connectivity index (χ2v) is 4.92. The van der Waals surface area contributed by atoms with Gasteiger partial charge in [-0.15, -0.1) is 0 Å². The summed E-state index contributed by atoms with van der Waals surface area (Å²) in [5.41, 5.74) is 1.79. The number of nitrogens with one attached hydrogen (secondary N) is 1. The van der Waals surface area contributed by atoms with E-state index in [-0.39, 0.29) is 17.7 Å². The number of carbonyl (C=O) groups is 2. The molecule has 5 nitrogen and oxygen atoms in total. The zero-order valence-electron chi connectivity index (χ0n) is 12.3. The highest BCUT2D eigenvalue weighted by molar-refractivity contribution is 5.87. The fourth-order valence-electron chi connectivity index (χ4n) is 2.25. The first-order valence-electron chi connectivity index (χ1n) is 6.91. The number of fused-ring (bicyclic) bond motifs is 1. The molecule has 1 aromatic carbocycles. The molecule has 2 aromatic rings. The molecule has 0 fully saturated rings. The molecule has 0 bridgehead atoms. The molecule has 0 aliphatic carbocycles. The van der Waals surface area contributed by atoms with Gasteiger partial charge in [-0.05, 0) is 32.1 Å². The Morgan fingerprint density at radius 3 is 2.81 bits per heavy atom. The van der Waals surface area contributed by atoms with E-state index in [9.17, 15) is 9.59 Å². The first-order valence-corrected chi connectivity index (χ1v) is 6.91. The van der Waals surface area contributed by atoms with Gasteiger partial charge in [0.15, 0.2) is 5.78 Å². The third-order valence-electron chi connectivity index (χ3n) is 3.48. The van der Waals surface area contributed by atoms with Gasteiger partial charge in [0.05, 0.1) is 17.1 Å². The van der Waals surface area contributed by atoms with Crippen molar-refractivity contribution < 1.29 is 9.59 Å². The minimum absolute atomic E-state index is 0.0783. The number of hydrogen-bond acceptors (Lipinski definition) is 3. The number of nitrogens with zero attached hydrogens (tertiary/aromatic N) is 2. The molecule has 1 amide bonds. The zero-order valence-corrected chi connectivity index (χ0v) is 12.3. The Kier molecular flexibility index (Phi) is 4.52. The highest BCUT2D eigenvalue weighted by Gasteiger charge is 2.18. The van der Waals surface area contributed by atoms with Crippen LogP contribution in [-0.4, -0.2) is 27.8 Å². The molecule has 0 aliphatic heterocycles. The second kappa shape index (κ2) is 6.35. The topological polar surface area (TPSA) is 64.0 Å². The second-order valence-electron chi connectivity index (χ2n) is 4.92. The number of hydrogen-bond donors (Lipinski definition) is 1. The number of amides is 1. The first kappa shape index (κ1) is 15.0. The molecular weight excluding hydrogens is 266 g/mol. The quantitative estimate of drug-likeness (QED) is 0.826. The molecule has 0 radical (unpaired) electrons. The van der Waals surface area contributed by atoms with Crippen molar-refractivity contribution in [1.29, 1.82) is 0 Å². The van der Waals surface area contributed by atoms with Gasteiger partial charge >= 0.3 is 0 Å². The lowest BCUT2D eigenvalue weighted by Crippen LogP contribution is -2.25. The van der Waals surface area contributed by atoms with Gasteiger partial charge in [0.2, 0.25) is 5.91 Å². The van der Waals surface area contributed by atoms with E-state index in [2.05, 4.69) is 16.9 Å². The summed E-state index contributed by atoms with van der Waals surface area (Å²) >= 11 is 0. The summed E-state index contributed by atoms with van der Waals surface area (Å²) < 4.78 is 1.94. The van der Waals surface area contributed by atoms with E-state index in [0.717, 1.165) is 16.9 Å². The average molecular weight is 285 g/mol. The Labute approximate surface area is 123 Å². The lowest BCUT2D eigenvalue weighted by atomic mass is 10.2. The molecule has 1 N–H and O–H groups in total. The van der Waals surface area contributed by atoms with Gasteiger partial charge in [-0.2, -0.15) is 0 Å². The number of aromatic nitrogens is 2. The Morgan fingerprint density at radius 2 is 2.14 bits per heavy atom. The van der Waals surface area contributed by atoms with Crippen molar-refractivity contribution in [2.45, 2.75) is 26.3 Å². The fraction of sp³-hybridized carbons (Fsp3) is 0.312. The van der Waals surface area contributed by atoms with Crippen LogP contribution in [0.3, 0.4) is 0 Å². The molecule has 5 heteroatoms. The van der Waals surface area contributed by atoms with Crippen molar-refractivity contribution >= 4 is 22.7 Å². The minimum atomic E-state index is -0.275. The van der Waals surface area contributed by atoms with Crippen LogP contribution in [0.4, 0.5) is 0 Å². The summed E-state index contributed by atoms with van der Waals surface area (Å²) in [5, 5.41) is 2.73. The maximum atomic E-state index is 11.7. The summed E-state index contributed by atoms with van der Waals surface area (Å²) in [6, 6.07) is 7.44. The number of carbonyl (C=O) groups excluding carboxylic acids is 2. The predicted octanol–water partition coefficient (Wildman–Crippen LogP) is 2.03. The summed E-state index contributed by atoms with van der Waals surface area (Å²) in [4.78, 5) is 27.5. The first-order chi connectivity index (χ1) is 10.0. The van der Waals surface area contributed by atoms with E-state index >= 15 is 0 Å². The van der Waals surface area contributed by atoms with Crippen LogP contribution in [0.2, 0.25) is 0 Å². The van der Waals surface area contributed by atoms with E-state index in [1.165, 1.54) is 6.08 Å². The zero-order chi connectivity index (χ0) is 15.4. The molecule has 1 aromatic heterocycles. The molecular formula is C16H19N3O2. The van der Waals surface area contributed by atoms with Crippen LogP contribution in [0, 0.1) is 0 Å². The van der Waals surface area contributed by atoms with Crippen molar-refractivity contribution in [3.8, 4) is 0 Å². The molecule has 0 spiro atoms. The smallest absolute Gasteiger partial charge is 0.243 e. The molecule has 1 atom stereocenters. The Balaban J connectivity index is 2.33. The normalized spacial score (nSPS) is 12.1. The Hall–Kier alpha value is -2.43. The number of imidazole rings is 1. The van der Waals surface area contributed by atoms with Crippen LogP contribution >= 0.6 is 0 Å². The van der Waals surface area contributed by atoms with E-state index in [4.69, 9.17) is 0 Å². The number of ketones is 1. The molecule has 110 valence electrons. The van der Waals surface area contributed by atoms with Crippen LogP contribution in [0.1, 0.15) is 25.7 Å². The summed E-state index contributed by atoms with van der Waals surface area (Å²) in [6.07, 6.45) is 1.80. The van der Waals surface area contributed by atoms with Crippen LogP contribution in [0.25, 0.3) is 11.0 Å². The molecule has 1 heterocycles. The monoisotopic (exact) mass is 285 g/mol. The van der Waals surface area contributed by atoms with Gasteiger partial charge in [0, 0.05) is 13.0 Å². The molecule has 0 saturated carbocycles. The predicted molar refractivity (Wildman–Crippen MR) is 82.0 cm³/mol. The summed E-state index contributed by atoms with van der Waals surface area (Å²) in [6.45, 7) is 7.31. The van der Waals surface area contributed by atoms with Crippen LogP contribution in [0.5, 0.6) is 0 Å². The van der Waals surface area contributed by atoms with E-state index in [1.807, 2.05) is 35.8 Å². The number of para-hydroxylation sites is 2. The highest BCUT2D eigenvalue weighted by atomic mass is 16.1.